The Hall–Kier alpha value is -2.86. The van der Waals surface area contributed by atoms with Crippen molar-refractivity contribution in [1.82, 2.24) is 19.8 Å². The summed E-state index contributed by atoms with van der Waals surface area (Å²) in [5.74, 6) is 0.935. The molecule has 1 aromatic heterocycles. The number of aromatic amines is 1. The molecular formula is C21H26N4O2. The van der Waals surface area contributed by atoms with Gasteiger partial charge >= 0.3 is 0 Å². The van der Waals surface area contributed by atoms with Gasteiger partial charge in [-0.3, -0.25) is 4.79 Å². The third-order valence-electron chi connectivity index (χ3n) is 4.54. The zero-order valence-electron chi connectivity index (χ0n) is 16.1. The Bertz CT molecular complexity index is 887. The van der Waals surface area contributed by atoms with Crippen LogP contribution in [-0.4, -0.2) is 60.0 Å². The standard InChI is InChI=1S/C21H26N4O2/c1-24(2)10-11-25(14-16-4-7-18(27-3)8-5-16)21(26)13-17-6-9-19-20(12-17)23-15-22-19/h4-9,12,15H,10-11,13-14H2,1-3H3,(H,22,23). The van der Waals surface area contributed by atoms with Gasteiger partial charge in [0, 0.05) is 19.6 Å². The van der Waals surface area contributed by atoms with Crippen molar-refractivity contribution >= 4 is 16.9 Å². The van der Waals surface area contributed by atoms with Gasteiger partial charge in [-0.1, -0.05) is 18.2 Å². The van der Waals surface area contributed by atoms with E-state index in [0.29, 0.717) is 19.5 Å². The lowest BCUT2D eigenvalue weighted by Gasteiger charge is -2.25. The van der Waals surface area contributed by atoms with Crippen LogP contribution in [0.4, 0.5) is 0 Å². The fourth-order valence-electron chi connectivity index (χ4n) is 2.94. The maximum Gasteiger partial charge on any atom is 0.227 e. The van der Waals surface area contributed by atoms with E-state index < -0.39 is 0 Å². The molecule has 0 aliphatic heterocycles. The van der Waals surface area contributed by atoms with Crippen molar-refractivity contribution in [3.63, 3.8) is 0 Å². The quantitative estimate of drug-likeness (QED) is 0.666. The Morgan fingerprint density at radius 1 is 1.07 bits per heavy atom. The zero-order valence-corrected chi connectivity index (χ0v) is 16.1. The fraction of sp³-hybridized carbons (Fsp3) is 0.333. The highest BCUT2D eigenvalue weighted by Crippen LogP contribution is 2.16. The maximum absolute atomic E-state index is 13.0. The van der Waals surface area contributed by atoms with Gasteiger partial charge in [0.2, 0.25) is 5.91 Å². The Labute approximate surface area is 159 Å². The molecule has 0 radical (unpaired) electrons. The number of hydrogen-bond donors (Lipinski definition) is 1. The van der Waals surface area contributed by atoms with Crippen molar-refractivity contribution in [3.8, 4) is 5.75 Å². The molecule has 3 rings (SSSR count). The summed E-state index contributed by atoms with van der Waals surface area (Å²) >= 11 is 0. The van der Waals surface area contributed by atoms with E-state index >= 15 is 0 Å². The lowest BCUT2D eigenvalue weighted by molar-refractivity contribution is -0.131. The molecule has 6 heteroatoms. The van der Waals surface area contributed by atoms with Crippen molar-refractivity contribution in [2.75, 3.05) is 34.3 Å². The van der Waals surface area contributed by atoms with Crippen molar-refractivity contribution in [2.24, 2.45) is 0 Å². The minimum atomic E-state index is 0.117. The van der Waals surface area contributed by atoms with Gasteiger partial charge in [0.1, 0.15) is 5.75 Å². The van der Waals surface area contributed by atoms with Crippen LogP contribution < -0.4 is 4.74 Å². The largest absolute Gasteiger partial charge is 0.497 e. The van der Waals surface area contributed by atoms with Gasteiger partial charge in [-0.25, -0.2) is 4.98 Å². The van der Waals surface area contributed by atoms with Gasteiger partial charge in [-0.15, -0.1) is 0 Å². The molecule has 0 aliphatic carbocycles. The molecular weight excluding hydrogens is 340 g/mol. The summed E-state index contributed by atoms with van der Waals surface area (Å²) in [5, 5.41) is 0. The molecule has 0 bridgehead atoms. The van der Waals surface area contributed by atoms with E-state index in [0.717, 1.165) is 34.5 Å². The van der Waals surface area contributed by atoms with Gasteiger partial charge < -0.3 is 19.5 Å². The number of hydrogen-bond acceptors (Lipinski definition) is 4. The van der Waals surface area contributed by atoms with Gasteiger partial charge in [0.15, 0.2) is 0 Å². The number of nitrogens with zero attached hydrogens (tertiary/aromatic N) is 3. The van der Waals surface area contributed by atoms with E-state index in [4.69, 9.17) is 4.74 Å². The molecule has 142 valence electrons. The molecule has 3 aromatic rings. The Morgan fingerprint density at radius 3 is 2.52 bits per heavy atom. The number of imidazole rings is 1. The molecule has 27 heavy (non-hydrogen) atoms. The maximum atomic E-state index is 13.0. The SMILES string of the molecule is COc1ccc(CN(CCN(C)C)C(=O)Cc2ccc3nc[nH]c3c2)cc1. The second-order valence-electron chi connectivity index (χ2n) is 6.90. The molecule has 2 aromatic carbocycles. The monoisotopic (exact) mass is 366 g/mol. The topological polar surface area (TPSA) is 61.5 Å². The smallest absolute Gasteiger partial charge is 0.227 e. The summed E-state index contributed by atoms with van der Waals surface area (Å²) in [7, 11) is 5.68. The second-order valence-corrected chi connectivity index (χ2v) is 6.90. The van der Waals surface area contributed by atoms with E-state index in [-0.39, 0.29) is 5.91 Å². The average Bonchev–Trinajstić information content (AvgIpc) is 3.13. The second kappa shape index (κ2) is 8.68. The highest BCUT2D eigenvalue weighted by Gasteiger charge is 2.15. The number of ether oxygens (including phenoxy) is 1. The minimum Gasteiger partial charge on any atom is -0.497 e. The number of carbonyl (C=O) groups is 1. The molecule has 0 spiro atoms. The third-order valence-corrected chi connectivity index (χ3v) is 4.54. The number of amides is 1. The van der Waals surface area contributed by atoms with Crippen LogP contribution in [0.3, 0.4) is 0 Å². The molecule has 1 amide bonds. The predicted octanol–water partition coefficient (Wildman–Crippen LogP) is 2.70. The summed E-state index contributed by atoms with van der Waals surface area (Å²) in [5.41, 5.74) is 3.94. The van der Waals surface area contributed by atoms with Crippen molar-refractivity contribution < 1.29 is 9.53 Å². The van der Waals surface area contributed by atoms with Gasteiger partial charge in [0.05, 0.1) is 30.9 Å². The molecule has 0 aliphatic rings. The van der Waals surface area contributed by atoms with Crippen LogP contribution in [0.5, 0.6) is 5.75 Å². The van der Waals surface area contributed by atoms with Crippen LogP contribution in [0.25, 0.3) is 11.0 Å². The van der Waals surface area contributed by atoms with Crippen LogP contribution in [0.15, 0.2) is 48.8 Å². The van der Waals surface area contributed by atoms with Crippen molar-refractivity contribution in [1.29, 1.82) is 0 Å². The first-order valence-electron chi connectivity index (χ1n) is 9.02. The molecule has 6 nitrogen and oxygen atoms in total. The Kier molecular flexibility index (Phi) is 6.08. The van der Waals surface area contributed by atoms with Crippen LogP contribution in [0.2, 0.25) is 0 Å². The summed E-state index contributed by atoms with van der Waals surface area (Å²) in [6.07, 6.45) is 2.04. The number of carbonyl (C=O) groups excluding carboxylic acids is 1. The van der Waals surface area contributed by atoms with Crippen molar-refractivity contribution in [2.45, 2.75) is 13.0 Å². The van der Waals surface area contributed by atoms with E-state index in [1.807, 2.05) is 61.5 Å². The van der Waals surface area contributed by atoms with Crippen LogP contribution in [-0.2, 0) is 17.8 Å². The van der Waals surface area contributed by atoms with E-state index in [2.05, 4.69) is 14.9 Å². The number of rotatable bonds is 8. The minimum absolute atomic E-state index is 0.117. The number of aromatic nitrogens is 2. The molecule has 0 atom stereocenters. The highest BCUT2D eigenvalue weighted by atomic mass is 16.5. The van der Waals surface area contributed by atoms with E-state index in [1.165, 1.54) is 0 Å². The zero-order chi connectivity index (χ0) is 19.2. The molecule has 0 fully saturated rings. The lowest BCUT2D eigenvalue weighted by Crippen LogP contribution is -2.37. The van der Waals surface area contributed by atoms with Crippen LogP contribution >= 0.6 is 0 Å². The molecule has 1 heterocycles. The third kappa shape index (κ3) is 5.08. The lowest BCUT2D eigenvalue weighted by atomic mass is 10.1. The number of likely N-dealkylation sites (N-methyl/N-ethyl adjacent to an activating group) is 1. The van der Waals surface area contributed by atoms with Crippen LogP contribution in [0.1, 0.15) is 11.1 Å². The Morgan fingerprint density at radius 2 is 1.81 bits per heavy atom. The predicted molar refractivity (Wildman–Crippen MR) is 107 cm³/mol. The van der Waals surface area contributed by atoms with Gasteiger partial charge in [0.25, 0.3) is 0 Å². The first-order valence-corrected chi connectivity index (χ1v) is 9.02. The van der Waals surface area contributed by atoms with Crippen molar-refractivity contribution in [3.05, 3.63) is 59.9 Å². The Balaban J connectivity index is 1.72. The summed E-state index contributed by atoms with van der Waals surface area (Å²) in [4.78, 5) is 24.3. The number of H-pyrrole nitrogens is 1. The summed E-state index contributed by atoms with van der Waals surface area (Å²) in [6, 6.07) is 13.8. The molecule has 0 saturated heterocycles. The number of benzene rings is 2. The summed E-state index contributed by atoms with van der Waals surface area (Å²) < 4.78 is 5.21. The first-order chi connectivity index (χ1) is 13.0. The average molecular weight is 366 g/mol. The number of fused-ring (bicyclic) bond motifs is 1. The van der Waals surface area contributed by atoms with E-state index in [9.17, 15) is 4.79 Å². The summed E-state index contributed by atoms with van der Waals surface area (Å²) in [6.45, 7) is 2.09. The first kappa shape index (κ1) is 18.9. The van der Waals surface area contributed by atoms with Gasteiger partial charge in [-0.05, 0) is 49.5 Å². The molecule has 0 saturated carbocycles. The molecule has 1 N–H and O–H groups in total. The van der Waals surface area contributed by atoms with E-state index in [1.54, 1.807) is 13.4 Å². The number of nitrogens with one attached hydrogen (secondary N) is 1. The fourth-order valence-corrected chi connectivity index (χ4v) is 2.94. The molecule has 0 unspecified atom stereocenters. The van der Waals surface area contributed by atoms with Crippen LogP contribution in [0, 0.1) is 0 Å². The highest BCUT2D eigenvalue weighted by molar-refractivity contribution is 5.81. The normalized spacial score (nSPS) is 11.1. The van der Waals surface area contributed by atoms with Gasteiger partial charge in [-0.2, -0.15) is 0 Å². The number of methoxy groups -OCH3 is 1.